The summed E-state index contributed by atoms with van der Waals surface area (Å²) in [7, 11) is 0. The molecule has 6 nitrogen and oxygen atoms in total. The Morgan fingerprint density at radius 3 is 1.60 bits per heavy atom. The van der Waals surface area contributed by atoms with Crippen LogP contribution in [0.2, 0.25) is 0 Å². The van der Waals surface area contributed by atoms with E-state index in [4.69, 9.17) is 0 Å². The summed E-state index contributed by atoms with van der Waals surface area (Å²) < 4.78 is 0. The maximum Gasteiger partial charge on any atom is 0.0935 e. The highest BCUT2D eigenvalue weighted by molar-refractivity contribution is 5.06. The van der Waals surface area contributed by atoms with Gasteiger partial charge in [0.1, 0.15) is 0 Å². The number of hydrogen-bond acceptors (Lipinski definition) is 6. The van der Waals surface area contributed by atoms with Gasteiger partial charge >= 0.3 is 0 Å². The molecule has 0 unspecified atom stereocenters. The van der Waals surface area contributed by atoms with Crippen molar-refractivity contribution in [2.24, 2.45) is 0 Å². The quantitative estimate of drug-likeness (QED) is 0.563. The van der Waals surface area contributed by atoms with Gasteiger partial charge in [0.2, 0.25) is 0 Å². The third kappa shape index (κ3) is 1.60. The fourth-order valence-corrected chi connectivity index (χ4v) is 5.19. The maximum absolute atomic E-state index is 3.79. The summed E-state index contributed by atoms with van der Waals surface area (Å²) >= 11 is 0. The maximum atomic E-state index is 3.79. The van der Waals surface area contributed by atoms with Gasteiger partial charge in [-0.1, -0.05) is 0 Å². The van der Waals surface area contributed by atoms with Crippen molar-refractivity contribution in [3.05, 3.63) is 0 Å². The smallest absolute Gasteiger partial charge is 0.0935 e. The Balaban J connectivity index is 1.55. The van der Waals surface area contributed by atoms with E-state index in [1.807, 2.05) is 0 Å². The number of nitrogens with one attached hydrogen (secondary N) is 2. The largest absolute Gasteiger partial charge is 0.298 e. The van der Waals surface area contributed by atoms with Crippen LogP contribution in [0.3, 0.4) is 0 Å². The molecule has 5 fully saturated rings. The van der Waals surface area contributed by atoms with Crippen molar-refractivity contribution in [3.63, 3.8) is 0 Å². The van der Waals surface area contributed by atoms with E-state index in [2.05, 4.69) is 30.2 Å². The summed E-state index contributed by atoms with van der Waals surface area (Å²) in [6, 6.07) is 0. The highest BCUT2D eigenvalue weighted by Crippen LogP contribution is 2.36. The first kappa shape index (κ1) is 12.3. The SMILES string of the molecule is C1CN2CCN3CCCN4[C@@H]5NCCN[C@H]5N(C1)[C@@H]2[C@H]34. The summed E-state index contributed by atoms with van der Waals surface area (Å²) in [6.45, 7) is 9.84. The van der Waals surface area contributed by atoms with Crippen LogP contribution in [0.25, 0.3) is 0 Å². The van der Waals surface area contributed by atoms with Crippen molar-refractivity contribution in [1.29, 1.82) is 0 Å². The highest BCUT2D eigenvalue weighted by atomic mass is 15.6. The van der Waals surface area contributed by atoms with Crippen LogP contribution in [0.1, 0.15) is 12.8 Å². The molecule has 112 valence electrons. The van der Waals surface area contributed by atoms with E-state index in [0.29, 0.717) is 24.7 Å². The summed E-state index contributed by atoms with van der Waals surface area (Å²) in [5, 5.41) is 7.58. The molecule has 4 atom stereocenters. The Morgan fingerprint density at radius 2 is 1.10 bits per heavy atom. The first-order chi connectivity index (χ1) is 9.93. The van der Waals surface area contributed by atoms with Crippen LogP contribution in [0.4, 0.5) is 0 Å². The molecule has 0 aliphatic carbocycles. The Kier molecular flexibility index (Phi) is 2.85. The molecule has 0 saturated carbocycles. The number of piperazine rings is 3. The second-order valence-electron chi connectivity index (χ2n) is 6.88. The van der Waals surface area contributed by atoms with Gasteiger partial charge < -0.3 is 0 Å². The minimum absolute atomic E-state index is 0.505. The van der Waals surface area contributed by atoms with Crippen molar-refractivity contribution in [2.75, 3.05) is 52.4 Å². The molecule has 0 aromatic carbocycles. The van der Waals surface area contributed by atoms with Gasteiger partial charge in [-0.2, -0.15) is 0 Å². The van der Waals surface area contributed by atoms with Crippen molar-refractivity contribution in [2.45, 2.75) is 37.5 Å². The van der Waals surface area contributed by atoms with Gasteiger partial charge in [0.05, 0.1) is 24.7 Å². The molecule has 5 saturated heterocycles. The Labute approximate surface area is 121 Å². The first-order valence-electron chi connectivity index (χ1n) is 8.40. The standard InChI is InChI=1S/C14H26N6/c1-5-17-9-10-18-6-2-8-20-12-11(15-3-4-16-12)19(7-1)13(17)14(18)20/h11-16H,1-10H2/t11-,12-,13+,14+/m0/s1. The highest BCUT2D eigenvalue weighted by Gasteiger charge is 2.55. The van der Waals surface area contributed by atoms with Gasteiger partial charge in [-0.25, -0.2) is 0 Å². The zero-order valence-corrected chi connectivity index (χ0v) is 12.2. The molecule has 5 rings (SSSR count). The third-order valence-corrected chi connectivity index (χ3v) is 5.94. The van der Waals surface area contributed by atoms with Crippen LogP contribution in [0, 0.1) is 0 Å². The Morgan fingerprint density at radius 1 is 0.600 bits per heavy atom. The molecule has 20 heavy (non-hydrogen) atoms. The summed E-state index contributed by atoms with van der Waals surface area (Å²) in [5.41, 5.74) is 0. The van der Waals surface area contributed by atoms with Gasteiger partial charge in [-0.05, 0) is 12.8 Å². The molecule has 0 radical (unpaired) electrons. The van der Waals surface area contributed by atoms with Crippen LogP contribution < -0.4 is 10.6 Å². The molecule has 0 aromatic rings. The van der Waals surface area contributed by atoms with Gasteiger partial charge in [-0.3, -0.25) is 30.2 Å². The molecule has 6 heteroatoms. The van der Waals surface area contributed by atoms with Crippen LogP contribution >= 0.6 is 0 Å². The molecular weight excluding hydrogens is 252 g/mol. The molecule has 0 aromatic heterocycles. The number of hydrogen-bond donors (Lipinski definition) is 2. The lowest BCUT2D eigenvalue weighted by atomic mass is 9.97. The predicted octanol–water partition coefficient (Wildman–Crippen LogP) is -1.47. The van der Waals surface area contributed by atoms with Crippen LogP contribution in [0.15, 0.2) is 0 Å². The van der Waals surface area contributed by atoms with E-state index in [9.17, 15) is 0 Å². The van der Waals surface area contributed by atoms with Crippen molar-refractivity contribution < 1.29 is 0 Å². The molecule has 5 heterocycles. The lowest BCUT2D eigenvalue weighted by Gasteiger charge is -2.66. The van der Waals surface area contributed by atoms with E-state index in [1.165, 1.54) is 52.1 Å². The second kappa shape index (κ2) is 4.63. The minimum atomic E-state index is 0.505. The lowest BCUT2D eigenvalue weighted by molar-refractivity contribution is -0.230. The molecular formula is C14H26N6. The van der Waals surface area contributed by atoms with Crippen LogP contribution in [0.5, 0.6) is 0 Å². The van der Waals surface area contributed by atoms with E-state index in [0.717, 1.165) is 13.1 Å². The lowest BCUT2D eigenvalue weighted by Crippen LogP contribution is -2.86. The monoisotopic (exact) mass is 278 g/mol. The van der Waals surface area contributed by atoms with Gasteiger partial charge in [-0.15, -0.1) is 0 Å². The molecule has 0 bridgehead atoms. The second-order valence-corrected chi connectivity index (χ2v) is 6.88. The molecule has 0 spiro atoms. The van der Waals surface area contributed by atoms with Crippen LogP contribution in [-0.4, -0.2) is 96.6 Å². The molecule has 5 aliphatic rings. The Hall–Kier alpha value is -0.240. The van der Waals surface area contributed by atoms with E-state index >= 15 is 0 Å². The number of rotatable bonds is 0. The fourth-order valence-electron chi connectivity index (χ4n) is 5.19. The summed E-state index contributed by atoms with van der Waals surface area (Å²) in [4.78, 5) is 11.0. The van der Waals surface area contributed by atoms with Crippen molar-refractivity contribution >= 4 is 0 Å². The summed E-state index contributed by atoms with van der Waals surface area (Å²) in [5.74, 6) is 0. The van der Waals surface area contributed by atoms with Crippen LogP contribution in [-0.2, 0) is 0 Å². The summed E-state index contributed by atoms with van der Waals surface area (Å²) in [6.07, 6.45) is 4.90. The zero-order chi connectivity index (χ0) is 13.1. The van der Waals surface area contributed by atoms with Gasteiger partial charge in [0.25, 0.3) is 0 Å². The normalized spacial score (nSPS) is 46.8. The molecule has 5 aliphatic heterocycles. The zero-order valence-electron chi connectivity index (χ0n) is 12.2. The number of nitrogens with zero attached hydrogens (tertiary/aromatic N) is 4. The van der Waals surface area contributed by atoms with E-state index in [1.54, 1.807) is 0 Å². The van der Waals surface area contributed by atoms with Crippen molar-refractivity contribution in [3.8, 4) is 0 Å². The Bertz CT molecular complexity index is 354. The predicted molar refractivity (Wildman–Crippen MR) is 76.9 cm³/mol. The fraction of sp³-hybridized carbons (Fsp3) is 1.00. The molecule has 0 amide bonds. The molecule has 2 N–H and O–H groups in total. The average molecular weight is 278 g/mol. The van der Waals surface area contributed by atoms with Crippen molar-refractivity contribution in [1.82, 2.24) is 30.2 Å². The number of fused-ring (bicyclic) bond motifs is 3. The van der Waals surface area contributed by atoms with E-state index in [-0.39, 0.29) is 0 Å². The van der Waals surface area contributed by atoms with Gasteiger partial charge in [0, 0.05) is 52.4 Å². The topological polar surface area (TPSA) is 37.0 Å². The minimum Gasteiger partial charge on any atom is -0.298 e. The average Bonchev–Trinajstić information content (AvgIpc) is 2.53. The third-order valence-electron chi connectivity index (χ3n) is 5.94. The van der Waals surface area contributed by atoms with Gasteiger partial charge in [0.15, 0.2) is 0 Å². The van der Waals surface area contributed by atoms with E-state index < -0.39 is 0 Å². The first-order valence-corrected chi connectivity index (χ1v) is 8.40.